The predicted octanol–water partition coefficient (Wildman–Crippen LogP) is 2.56. The molecule has 21 heavy (non-hydrogen) atoms. The van der Waals surface area contributed by atoms with Crippen LogP contribution in [0.3, 0.4) is 0 Å². The highest BCUT2D eigenvalue weighted by Gasteiger charge is 2.57. The fraction of sp³-hybridized carbons (Fsp3) is 0.500. The van der Waals surface area contributed by atoms with Crippen LogP contribution in [0.1, 0.15) is 31.2 Å². The second-order valence-corrected chi connectivity index (χ2v) is 6.28. The topological polar surface area (TPSA) is 75.6 Å². The Labute approximate surface area is 123 Å². The van der Waals surface area contributed by atoms with Crippen LogP contribution in [-0.2, 0) is 16.1 Å². The molecule has 3 saturated carbocycles. The Morgan fingerprint density at radius 2 is 1.95 bits per heavy atom. The molecule has 3 aliphatic carbocycles. The zero-order valence-electron chi connectivity index (χ0n) is 11.7. The van der Waals surface area contributed by atoms with E-state index in [9.17, 15) is 14.7 Å². The first-order valence-electron chi connectivity index (χ1n) is 7.26. The van der Waals surface area contributed by atoms with Crippen LogP contribution in [0.2, 0.25) is 0 Å². The molecule has 2 bridgehead atoms. The Balaban J connectivity index is 1.48. The van der Waals surface area contributed by atoms with Crippen molar-refractivity contribution in [2.24, 2.45) is 11.3 Å². The fourth-order valence-electron chi connectivity index (χ4n) is 3.45. The van der Waals surface area contributed by atoms with Crippen molar-refractivity contribution < 1.29 is 19.4 Å². The van der Waals surface area contributed by atoms with Crippen LogP contribution in [0.25, 0.3) is 0 Å². The number of ether oxygens (including phenoxy) is 1. The van der Waals surface area contributed by atoms with Gasteiger partial charge in [-0.2, -0.15) is 0 Å². The predicted molar refractivity (Wildman–Crippen MR) is 75.6 cm³/mol. The monoisotopic (exact) mass is 289 g/mol. The van der Waals surface area contributed by atoms with Crippen molar-refractivity contribution in [2.45, 2.75) is 38.3 Å². The number of hydrogen-bond acceptors (Lipinski definition) is 3. The summed E-state index contributed by atoms with van der Waals surface area (Å²) >= 11 is 0. The van der Waals surface area contributed by atoms with E-state index in [-0.39, 0.29) is 12.0 Å². The third-order valence-electron chi connectivity index (χ3n) is 4.61. The number of carbonyl (C=O) groups excluding carboxylic acids is 1. The van der Waals surface area contributed by atoms with E-state index < -0.39 is 18.1 Å². The smallest absolute Gasteiger partial charge is 0.408 e. The van der Waals surface area contributed by atoms with Crippen LogP contribution >= 0.6 is 0 Å². The average molecular weight is 289 g/mol. The van der Waals surface area contributed by atoms with E-state index in [0.717, 1.165) is 30.7 Å². The molecule has 0 saturated heterocycles. The molecule has 112 valence electrons. The van der Waals surface area contributed by atoms with Gasteiger partial charge in [0.1, 0.15) is 12.6 Å². The Morgan fingerprint density at radius 1 is 1.29 bits per heavy atom. The lowest BCUT2D eigenvalue weighted by Gasteiger charge is -2.62. The molecular formula is C16H19NO4. The molecule has 1 amide bonds. The molecule has 3 fully saturated rings. The minimum atomic E-state index is -0.989. The van der Waals surface area contributed by atoms with Crippen molar-refractivity contribution >= 4 is 12.1 Å². The van der Waals surface area contributed by atoms with Gasteiger partial charge in [0, 0.05) is 0 Å². The number of carboxylic acids is 1. The Kier molecular flexibility index (Phi) is 3.57. The molecule has 0 spiro atoms. The molecule has 0 radical (unpaired) electrons. The summed E-state index contributed by atoms with van der Waals surface area (Å²) in [5.74, 6) is -0.194. The van der Waals surface area contributed by atoms with Gasteiger partial charge < -0.3 is 15.2 Å². The summed E-state index contributed by atoms with van der Waals surface area (Å²) in [4.78, 5) is 23.0. The molecule has 2 N–H and O–H groups in total. The van der Waals surface area contributed by atoms with Gasteiger partial charge in [0.25, 0.3) is 0 Å². The first kappa shape index (κ1) is 13.9. The van der Waals surface area contributed by atoms with Gasteiger partial charge in [0.2, 0.25) is 0 Å². The van der Waals surface area contributed by atoms with Gasteiger partial charge in [-0.3, -0.25) is 0 Å². The maximum Gasteiger partial charge on any atom is 0.408 e. The van der Waals surface area contributed by atoms with Gasteiger partial charge in [-0.1, -0.05) is 30.3 Å². The van der Waals surface area contributed by atoms with Crippen LogP contribution in [0.5, 0.6) is 0 Å². The van der Waals surface area contributed by atoms with Gasteiger partial charge in [-0.15, -0.1) is 0 Å². The Hall–Kier alpha value is -2.04. The number of hydrogen-bond donors (Lipinski definition) is 2. The Bertz CT molecular complexity index is 525. The lowest BCUT2D eigenvalue weighted by molar-refractivity contribution is -0.149. The second-order valence-electron chi connectivity index (χ2n) is 6.28. The van der Waals surface area contributed by atoms with Crippen molar-refractivity contribution in [3.63, 3.8) is 0 Å². The van der Waals surface area contributed by atoms with E-state index in [0.29, 0.717) is 6.42 Å². The first-order valence-corrected chi connectivity index (χ1v) is 7.26. The largest absolute Gasteiger partial charge is 0.480 e. The molecule has 0 heterocycles. The molecule has 1 aromatic carbocycles. The quantitative estimate of drug-likeness (QED) is 0.844. The van der Waals surface area contributed by atoms with Crippen molar-refractivity contribution in [3.05, 3.63) is 35.9 Å². The fourth-order valence-corrected chi connectivity index (χ4v) is 3.45. The highest BCUT2D eigenvalue weighted by atomic mass is 16.5. The van der Waals surface area contributed by atoms with E-state index in [2.05, 4.69) is 5.32 Å². The van der Waals surface area contributed by atoms with Crippen molar-refractivity contribution in [1.82, 2.24) is 5.32 Å². The number of benzene rings is 1. The minimum Gasteiger partial charge on any atom is -0.480 e. The normalized spacial score (nSPS) is 27.0. The van der Waals surface area contributed by atoms with E-state index >= 15 is 0 Å². The van der Waals surface area contributed by atoms with Crippen LogP contribution < -0.4 is 5.32 Å². The van der Waals surface area contributed by atoms with Gasteiger partial charge in [0.15, 0.2) is 0 Å². The summed E-state index contributed by atoms with van der Waals surface area (Å²) in [6.07, 6.45) is 3.17. The number of rotatable bonds is 6. The van der Waals surface area contributed by atoms with Gasteiger partial charge in [-0.05, 0) is 42.6 Å². The number of alkyl carbamates (subject to hydrolysis) is 1. The second kappa shape index (κ2) is 5.39. The highest BCUT2D eigenvalue weighted by Crippen LogP contribution is 2.66. The maximum atomic E-state index is 11.7. The molecule has 0 aromatic heterocycles. The SMILES string of the molecule is O=C(N[C@H](CC12CC(C1)C2)C(=O)O)OCc1ccccc1. The molecule has 0 aliphatic heterocycles. The number of aliphatic carboxylic acids is 1. The van der Waals surface area contributed by atoms with Crippen LogP contribution in [0.4, 0.5) is 4.79 Å². The Morgan fingerprint density at radius 3 is 2.48 bits per heavy atom. The van der Waals surface area contributed by atoms with Crippen molar-refractivity contribution in [1.29, 1.82) is 0 Å². The van der Waals surface area contributed by atoms with Gasteiger partial charge >= 0.3 is 12.1 Å². The third kappa shape index (κ3) is 3.01. The van der Waals surface area contributed by atoms with Crippen LogP contribution in [-0.4, -0.2) is 23.2 Å². The van der Waals surface area contributed by atoms with Crippen molar-refractivity contribution in [2.75, 3.05) is 0 Å². The number of nitrogens with one attached hydrogen (secondary N) is 1. The number of carboxylic acid groups (broad SMARTS) is 1. The number of amides is 1. The molecule has 0 unspecified atom stereocenters. The van der Waals surface area contributed by atoms with E-state index in [4.69, 9.17) is 4.74 Å². The average Bonchev–Trinajstić information content (AvgIpc) is 2.38. The third-order valence-corrected chi connectivity index (χ3v) is 4.61. The summed E-state index contributed by atoms with van der Waals surface area (Å²) in [6, 6.07) is 8.45. The molecule has 3 aliphatic rings. The van der Waals surface area contributed by atoms with Crippen LogP contribution in [0.15, 0.2) is 30.3 Å². The molecule has 5 nitrogen and oxygen atoms in total. The summed E-state index contributed by atoms with van der Waals surface area (Å²) in [7, 11) is 0. The summed E-state index contributed by atoms with van der Waals surface area (Å²) in [6.45, 7) is 0.145. The van der Waals surface area contributed by atoms with E-state index in [1.807, 2.05) is 30.3 Å². The zero-order valence-corrected chi connectivity index (χ0v) is 11.7. The summed E-state index contributed by atoms with van der Waals surface area (Å²) in [5.41, 5.74) is 1.04. The van der Waals surface area contributed by atoms with Crippen LogP contribution in [0, 0.1) is 11.3 Å². The van der Waals surface area contributed by atoms with Gasteiger partial charge in [-0.25, -0.2) is 9.59 Å². The van der Waals surface area contributed by atoms with Gasteiger partial charge in [0.05, 0.1) is 0 Å². The highest BCUT2D eigenvalue weighted by molar-refractivity contribution is 5.80. The molecule has 1 atom stereocenters. The van der Waals surface area contributed by atoms with Crippen molar-refractivity contribution in [3.8, 4) is 0 Å². The summed E-state index contributed by atoms with van der Waals surface area (Å²) < 4.78 is 5.07. The summed E-state index contributed by atoms with van der Waals surface area (Å²) in [5, 5.41) is 11.7. The molecule has 4 rings (SSSR count). The zero-order chi connectivity index (χ0) is 14.9. The first-order chi connectivity index (χ1) is 10.1. The molecule has 5 heteroatoms. The molecule has 1 aromatic rings. The maximum absolute atomic E-state index is 11.7. The lowest BCUT2D eigenvalue weighted by Crippen LogP contribution is -2.56. The number of carbonyl (C=O) groups is 2. The minimum absolute atomic E-state index is 0.145. The van der Waals surface area contributed by atoms with E-state index in [1.165, 1.54) is 0 Å². The lowest BCUT2D eigenvalue weighted by atomic mass is 9.43. The molecular weight excluding hydrogens is 270 g/mol. The standard InChI is InChI=1S/C16H19NO4/c18-14(19)13(9-16-6-12(7-16)8-16)17-15(20)21-10-11-4-2-1-3-5-11/h1-5,12-13H,6-10H2,(H,17,20)(H,18,19)/t12?,13-,16?/m1/s1. The van der Waals surface area contributed by atoms with E-state index in [1.54, 1.807) is 0 Å².